The first-order chi connectivity index (χ1) is 10.0. The molecule has 8 heteroatoms. The second-order valence-corrected chi connectivity index (χ2v) is 4.99. The Morgan fingerprint density at radius 3 is 2.76 bits per heavy atom. The van der Waals surface area contributed by atoms with E-state index in [9.17, 15) is 4.79 Å². The molecule has 0 amide bonds. The number of nitrogens with one attached hydrogen (secondary N) is 4. The summed E-state index contributed by atoms with van der Waals surface area (Å²) in [6.07, 6.45) is 1.02. The highest BCUT2D eigenvalue weighted by atomic mass is 35.5. The Morgan fingerprint density at radius 2 is 2.14 bits per heavy atom. The van der Waals surface area contributed by atoms with Gasteiger partial charge < -0.3 is 16.0 Å². The van der Waals surface area contributed by atoms with Crippen LogP contribution in [0.2, 0.25) is 10.0 Å². The third-order valence-electron chi connectivity index (χ3n) is 2.78. The molecule has 4 N–H and O–H groups in total. The Balaban J connectivity index is 2.20. The molecule has 0 bridgehead atoms. The first kappa shape index (κ1) is 15.3. The van der Waals surface area contributed by atoms with Crippen molar-refractivity contribution in [2.45, 2.75) is 6.54 Å². The van der Waals surface area contributed by atoms with E-state index < -0.39 is 0 Å². The lowest BCUT2D eigenvalue weighted by Crippen LogP contribution is -2.19. The molecule has 0 aliphatic carbocycles. The van der Waals surface area contributed by atoms with Gasteiger partial charge in [-0.15, -0.1) is 0 Å². The highest BCUT2D eigenvalue weighted by Gasteiger charge is 2.08. The van der Waals surface area contributed by atoms with Gasteiger partial charge in [0.15, 0.2) is 0 Å². The van der Waals surface area contributed by atoms with Crippen molar-refractivity contribution in [3.05, 3.63) is 49.9 Å². The number of halogens is 2. The second kappa shape index (κ2) is 6.60. The maximum atomic E-state index is 11.8. The Hall–Kier alpha value is -2.05. The van der Waals surface area contributed by atoms with E-state index in [1.165, 1.54) is 0 Å². The molecular weight excluding hydrogens is 313 g/mol. The third-order valence-corrected chi connectivity index (χ3v) is 3.52. The fourth-order valence-electron chi connectivity index (χ4n) is 1.76. The van der Waals surface area contributed by atoms with Crippen LogP contribution < -0.4 is 16.2 Å². The molecule has 2 rings (SSSR count). The van der Waals surface area contributed by atoms with Gasteiger partial charge in [0.2, 0.25) is 5.95 Å². The highest BCUT2D eigenvalue weighted by Crippen LogP contribution is 2.22. The average molecular weight is 326 g/mol. The van der Waals surface area contributed by atoms with Gasteiger partial charge in [-0.05, 0) is 17.7 Å². The number of rotatable bonds is 5. The zero-order valence-electron chi connectivity index (χ0n) is 11.1. The summed E-state index contributed by atoms with van der Waals surface area (Å²) >= 11 is 11.8. The molecule has 0 radical (unpaired) electrons. The van der Waals surface area contributed by atoms with Crippen molar-refractivity contribution in [1.29, 1.82) is 5.41 Å². The van der Waals surface area contributed by atoms with Crippen LogP contribution in [0.15, 0.2) is 23.0 Å². The minimum absolute atomic E-state index is 0.255. The van der Waals surface area contributed by atoms with E-state index >= 15 is 0 Å². The molecule has 0 atom stereocenters. The zero-order chi connectivity index (χ0) is 15.4. The molecule has 0 saturated carbocycles. The minimum Gasteiger partial charge on any atom is -0.382 e. The topological polar surface area (TPSA) is 93.7 Å². The van der Waals surface area contributed by atoms with Gasteiger partial charge in [0.1, 0.15) is 11.4 Å². The number of aromatic amines is 1. The summed E-state index contributed by atoms with van der Waals surface area (Å²) < 4.78 is 0. The van der Waals surface area contributed by atoms with Crippen LogP contribution in [0.4, 0.5) is 11.6 Å². The molecule has 21 heavy (non-hydrogen) atoms. The summed E-state index contributed by atoms with van der Waals surface area (Å²) in [6.45, 7) is 0.413. The number of anilines is 2. The van der Waals surface area contributed by atoms with Gasteiger partial charge in [0.05, 0.1) is 10.0 Å². The number of hydrogen-bond donors (Lipinski definition) is 4. The van der Waals surface area contributed by atoms with Crippen LogP contribution in [-0.4, -0.2) is 23.2 Å². The van der Waals surface area contributed by atoms with Crippen molar-refractivity contribution >= 4 is 41.1 Å². The summed E-state index contributed by atoms with van der Waals surface area (Å²) in [5, 5.41) is 13.9. The fraction of sp³-hybridized carbons (Fsp3) is 0.154. The molecule has 2 aromatic rings. The predicted octanol–water partition coefficient (Wildman–Crippen LogP) is 2.73. The molecule has 0 saturated heterocycles. The summed E-state index contributed by atoms with van der Waals surface area (Å²) in [7, 11) is 1.60. The Bertz CT molecular complexity index is 729. The van der Waals surface area contributed by atoms with Crippen molar-refractivity contribution in [2.24, 2.45) is 0 Å². The van der Waals surface area contributed by atoms with Gasteiger partial charge >= 0.3 is 0 Å². The zero-order valence-corrected chi connectivity index (χ0v) is 12.6. The lowest BCUT2D eigenvalue weighted by atomic mass is 10.2. The van der Waals surface area contributed by atoms with E-state index in [1.54, 1.807) is 19.2 Å². The third kappa shape index (κ3) is 3.53. The Labute approximate surface area is 131 Å². The smallest absolute Gasteiger partial charge is 0.276 e. The highest BCUT2D eigenvalue weighted by molar-refractivity contribution is 6.42. The lowest BCUT2D eigenvalue weighted by Gasteiger charge is -2.09. The van der Waals surface area contributed by atoms with Gasteiger partial charge in [-0.2, -0.15) is 0 Å². The Kier molecular flexibility index (Phi) is 4.82. The molecule has 1 heterocycles. The van der Waals surface area contributed by atoms with E-state index in [0.717, 1.165) is 11.8 Å². The van der Waals surface area contributed by atoms with Crippen LogP contribution in [0.3, 0.4) is 0 Å². The van der Waals surface area contributed by atoms with Crippen LogP contribution in [0.25, 0.3) is 0 Å². The Morgan fingerprint density at radius 1 is 1.38 bits per heavy atom. The maximum Gasteiger partial charge on any atom is 0.276 e. The molecule has 1 aromatic carbocycles. The van der Waals surface area contributed by atoms with Crippen molar-refractivity contribution in [3.63, 3.8) is 0 Å². The standard InChI is InChI=1S/C13H13Cl2N5O/c1-17-11-10(5-16)19-13(20-12(11)21)18-6-7-2-3-8(14)9(15)4-7/h2-5,16-17H,6H2,1H3,(H2,18,19,20,21). The van der Waals surface area contributed by atoms with Gasteiger partial charge in [-0.3, -0.25) is 9.78 Å². The summed E-state index contributed by atoms with van der Waals surface area (Å²) in [4.78, 5) is 18.6. The van der Waals surface area contributed by atoms with E-state index in [2.05, 4.69) is 20.6 Å². The number of aromatic nitrogens is 2. The predicted molar refractivity (Wildman–Crippen MR) is 86.1 cm³/mol. The first-order valence-electron chi connectivity index (χ1n) is 6.05. The van der Waals surface area contributed by atoms with E-state index in [0.29, 0.717) is 16.6 Å². The van der Waals surface area contributed by atoms with Gasteiger partial charge in [0.25, 0.3) is 5.56 Å². The van der Waals surface area contributed by atoms with Gasteiger partial charge in [-0.1, -0.05) is 29.3 Å². The van der Waals surface area contributed by atoms with Crippen LogP contribution in [0, 0.1) is 5.41 Å². The number of hydrogen-bond acceptors (Lipinski definition) is 5. The molecule has 110 valence electrons. The SMILES string of the molecule is CNc1c(C=N)nc(NCc2ccc(Cl)c(Cl)c2)[nH]c1=O. The number of benzene rings is 1. The maximum absolute atomic E-state index is 11.8. The van der Waals surface area contributed by atoms with E-state index in [1.807, 2.05) is 6.07 Å². The average Bonchev–Trinajstić information content (AvgIpc) is 2.47. The molecular formula is C13H13Cl2N5O. The number of nitrogens with zero attached hydrogens (tertiary/aromatic N) is 1. The van der Waals surface area contributed by atoms with Crippen LogP contribution in [0.5, 0.6) is 0 Å². The van der Waals surface area contributed by atoms with Crippen molar-refractivity contribution in [3.8, 4) is 0 Å². The first-order valence-corrected chi connectivity index (χ1v) is 6.81. The molecule has 0 unspecified atom stereocenters. The second-order valence-electron chi connectivity index (χ2n) is 4.17. The quantitative estimate of drug-likeness (QED) is 0.636. The molecule has 6 nitrogen and oxygen atoms in total. The molecule has 0 aliphatic rings. The van der Waals surface area contributed by atoms with Gasteiger partial charge in [0, 0.05) is 19.8 Å². The monoisotopic (exact) mass is 325 g/mol. The summed E-state index contributed by atoms with van der Waals surface area (Å²) in [5.41, 5.74) is 1.06. The van der Waals surface area contributed by atoms with Gasteiger partial charge in [-0.25, -0.2) is 4.98 Å². The van der Waals surface area contributed by atoms with Crippen molar-refractivity contribution < 1.29 is 0 Å². The minimum atomic E-state index is -0.345. The largest absolute Gasteiger partial charge is 0.382 e. The molecule has 0 fully saturated rings. The van der Waals surface area contributed by atoms with Crippen LogP contribution >= 0.6 is 23.2 Å². The molecule has 0 aliphatic heterocycles. The summed E-state index contributed by atoms with van der Waals surface area (Å²) in [5.74, 6) is 0.281. The fourth-order valence-corrected chi connectivity index (χ4v) is 2.08. The van der Waals surface area contributed by atoms with Crippen LogP contribution in [-0.2, 0) is 6.54 Å². The van der Waals surface area contributed by atoms with Crippen molar-refractivity contribution in [1.82, 2.24) is 9.97 Å². The van der Waals surface area contributed by atoms with E-state index in [-0.39, 0.29) is 22.9 Å². The van der Waals surface area contributed by atoms with E-state index in [4.69, 9.17) is 28.6 Å². The van der Waals surface area contributed by atoms with Crippen LogP contribution in [0.1, 0.15) is 11.3 Å². The molecule has 0 spiro atoms. The summed E-state index contributed by atoms with van der Waals surface area (Å²) in [6, 6.07) is 5.25. The van der Waals surface area contributed by atoms with Crippen molar-refractivity contribution in [2.75, 3.05) is 17.7 Å². The normalized spacial score (nSPS) is 10.2. The molecule has 1 aromatic heterocycles. The number of H-pyrrole nitrogens is 1. The lowest BCUT2D eigenvalue weighted by molar-refractivity contribution is 1.03.